The maximum absolute atomic E-state index is 11.9. The number of likely N-dealkylation sites (tertiary alicyclic amines) is 1. The lowest BCUT2D eigenvalue weighted by atomic mass is 10.1. The van der Waals surface area contributed by atoms with Gasteiger partial charge in [0.15, 0.2) is 5.69 Å². The SMILES string of the molecule is COc1ccc(/C=C/CN2CCCC(n3cc(C(=O)NCCO)nn3)C2)cc1. The molecule has 28 heavy (non-hydrogen) atoms. The van der Waals surface area contributed by atoms with Gasteiger partial charge in [0, 0.05) is 19.6 Å². The van der Waals surface area contributed by atoms with Crippen LogP contribution in [0.4, 0.5) is 0 Å². The number of methoxy groups -OCH3 is 1. The van der Waals surface area contributed by atoms with Crippen LogP contribution in [0.5, 0.6) is 5.75 Å². The number of aliphatic hydroxyl groups excluding tert-OH is 1. The molecule has 1 atom stereocenters. The van der Waals surface area contributed by atoms with Crippen LogP contribution < -0.4 is 10.1 Å². The first-order chi connectivity index (χ1) is 13.7. The number of amides is 1. The van der Waals surface area contributed by atoms with Crippen molar-refractivity contribution in [3.8, 4) is 5.75 Å². The van der Waals surface area contributed by atoms with Crippen LogP contribution in [0.25, 0.3) is 6.08 Å². The first-order valence-corrected chi connectivity index (χ1v) is 9.53. The zero-order chi connectivity index (χ0) is 19.8. The Morgan fingerprint density at radius 1 is 1.39 bits per heavy atom. The summed E-state index contributed by atoms with van der Waals surface area (Å²) in [6.07, 6.45) is 8.06. The van der Waals surface area contributed by atoms with Crippen LogP contribution in [0, 0.1) is 0 Å². The summed E-state index contributed by atoms with van der Waals surface area (Å²) in [5.74, 6) is 0.545. The number of piperidine rings is 1. The Morgan fingerprint density at radius 2 is 2.21 bits per heavy atom. The fourth-order valence-electron chi connectivity index (χ4n) is 3.28. The second-order valence-electron chi connectivity index (χ2n) is 6.79. The van der Waals surface area contributed by atoms with Gasteiger partial charge >= 0.3 is 0 Å². The van der Waals surface area contributed by atoms with E-state index in [2.05, 4.69) is 32.7 Å². The van der Waals surface area contributed by atoms with E-state index in [9.17, 15) is 4.79 Å². The highest BCUT2D eigenvalue weighted by molar-refractivity contribution is 5.91. The van der Waals surface area contributed by atoms with Crippen molar-refractivity contribution < 1.29 is 14.6 Å². The topological polar surface area (TPSA) is 92.5 Å². The summed E-state index contributed by atoms with van der Waals surface area (Å²) in [7, 11) is 1.66. The Bertz CT molecular complexity index is 787. The minimum absolute atomic E-state index is 0.0957. The minimum atomic E-state index is -0.310. The molecule has 2 N–H and O–H groups in total. The van der Waals surface area contributed by atoms with Crippen LogP contribution in [0.1, 0.15) is 34.9 Å². The number of carbonyl (C=O) groups excluding carboxylic acids is 1. The Balaban J connectivity index is 1.53. The van der Waals surface area contributed by atoms with Crippen LogP contribution in [-0.2, 0) is 0 Å². The maximum Gasteiger partial charge on any atom is 0.273 e. The first kappa shape index (κ1) is 20.0. The van der Waals surface area contributed by atoms with E-state index in [-0.39, 0.29) is 30.8 Å². The third-order valence-corrected chi connectivity index (χ3v) is 4.78. The molecule has 1 amide bonds. The number of aromatic nitrogens is 3. The summed E-state index contributed by atoms with van der Waals surface area (Å²) in [6.45, 7) is 2.89. The molecule has 1 unspecified atom stereocenters. The molecular formula is C20H27N5O3. The third kappa shape index (κ3) is 5.40. The molecular weight excluding hydrogens is 358 g/mol. The number of hydrogen-bond acceptors (Lipinski definition) is 6. The standard InChI is InChI=1S/C20H27N5O3/c1-28-18-8-6-16(7-9-18)4-2-11-24-12-3-5-17(14-24)25-15-19(22-23-25)20(27)21-10-13-26/h2,4,6-9,15,17,26H,3,5,10-14H2,1H3,(H,21,27)/b4-2+. The first-order valence-electron chi connectivity index (χ1n) is 9.53. The lowest BCUT2D eigenvalue weighted by Gasteiger charge is -2.31. The second kappa shape index (κ2) is 10.0. The highest BCUT2D eigenvalue weighted by atomic mass is 16.5. The zero-order valence-corrected chi connectivity index (χ0v) is 16.1. The number of carbonyl (C=O) groups is 1. The molecule has 150 valence electrons. The largest absolute Gasteiger partial charge is 0.497 e. The smallest absolute Gasteiger partial charge is 0.273 e. The molecule has 8 heteroatoms. The molecule has 1 saturated heterocycles. The van der Waals surface area contributed by atoms with E-state index in [0.717, 1.165) is 43.8 Å². The zero-order valence-electron chi connectivity index (χ0n) is 16.1. The van der Waals surface area contributed by atoms with Crippen molar-refractivity contribution in [3.63, 3.8) is 0 Å². The van der Waals surface area contributed by atoms with Gasteiger partial charge in [0.1, 0.15) is 5.75 Å². The highest BCUT2D eigenvalue weighted by Gasteiger charge is 2.22. The van der Waals surface area contributed by atoms with Crippen molar-refractivity contribution in [3.05, 3.63) is 47.8 Å². The number of rotatable bonds is 8. The molecule has 1 fully saturated rings. The summed E-state index contributed by atoms with van der Waals surface area (Å²) in [6, 6.07) is 8.18. The quantitative estimate of drug-likeness (QED) is 0.713. The molecule has 2 heterocycles. The van der Waals surface area contributed by atoms with Gasteiger partial charge in [0.25, 0.3) is 5.91 Å². The van der Waals surface area contributed by atoms with Gasteiger partial charge < -0.3 is 15.2 Å². The number of aliphatic hydroxyl groups is 1. The van der Waals surface area contributed by atoms with Crippen LogP contribution >= 0.6 is 0 Å². The molecule has 8 nitrogen and oxygen atoms in total. The van der Waals surface area contributed by atoms with Gasteiger partial charge in [-0.1, -0.05) is 29.5 Å². The summed E-state index contributed by atoms with van der Waals surface area (Å²) in [5.41, 5.74) is 1.43. The van der Waals surface area contributed by atoms with Crippen LogP contribution in [0.15, 0.2) is 36.5 Å². The maximum atomic E-state index is 11.9. The van der Waals surface area contributed by atoms with E-state index < -0.39 is 0 Å². The summed E-state index contributed by atoms with van der Waals surface area (Å²) >= 11 is 0. The van der Waals surface area contributed by atoms with Crippen molar-refractivity contribution in [1.29, 1.82) is 0 Å². The van der Waals surface area contributed by atoms with E-state index in [1.54, 1.807) is 18.0 Å². The van der Waals surface area contributed by atoms with Gasteiger partial charge in [-0.05, 0) is 37.1 Å². The van der Waals surface area contributed by atoms with Crippen LogP contribution in [-0.4, -0.2) is 70.8 Å². The molecule has 0 saturated carbocycles. The van der Waals surface area contributed by atoms with Gasteiger partial charge in [0.05, 0.1) is 26.0 Å². The van der Waals surface area contributed by atoms with Crippen molar-refractivity contribution in [2.75, 3.05) is 39.9 Å². The fraction of sp³-hybridized carbons (Fsp3) is 0.450. The van der Waals surface area contributed by atoms with Crippen molar-refractivity contribution >= 4 is 12.0 Å². The molecule has 2 aromatic rings. The highest BCUT2D eigenvalue weighted by Crippen LogP contribution is 2.21. The normalized spacial score (nSPS) is 17.7. The molecule has 1 aliphatic heterocycles. The van der Waals surface area contributed by atoms with Crippen molar-refractivity contribution in [2.45, 2.75) is 18.9 Å². The van der Waals surface area contributed by atoms with Crippen LogP contribution in [0.2, 0.25) is 0 Å². The number of nitrogens with zero attached hydrogens (tertiary/aromatic N) is 4. The molecule has 0 spiro atoms. The van der Waals surface area contributed by atoms with E-state index in [1.807, 2.05) is 24.3 Å². The number of benzene rings is 1. The van der Waals surface area contributed by atoms with Gasteiger partial charge in [-0.2, -0.15) is 0 Å². The van der Waals surface area contributed by atoms with Gasteiger partial charge in [-0.3, -0.25) is 9.69 Å². The Labute approximate surface area is 164 Å². The summed E-state index contributed by atoms with van der Waals surface area (Å²) in [4.78, 5) is 14.3. The monoisotopic (exact) mass is 385 g/mol. The molecule has 1 aromatic carbocycles. The lowest BCUT2D eigenvalue weighted by Crippen LogP contribution is -2.36. The third-order valence-electron chi connectivity index (χ3n) is 4.78. The van der Waals surface area contributed by atoms with E-state index in [1.165, 1.54) is 0 Å². The molecule has 0 aliphatic carbocycles. The summed E-state index contributed by atoms with van der Waals surface area (Å²) < 4.78 is 6.96. The molecule has 1 aliphatic rings. The predicted octanol–water partition coefficient (Wildman–Crippen LogP) is 1.36. The predicted molar refractivity (Wildman–Crippen MR) is 106 cm³/mol. The van der Waals surface area contributed by atoms with Gasteiger partial charge in [0.2, 0.25) is 0 Å². The average Bonchev–Trinajstić information content (AvgIpc) is 3.23. The van der Waals surface area contributed by atoms with E-state index in [4.69, 9.17) is 9.84 Å². The van der Waals surface area contributed by atoms with Crippen molar-refractivity contribution in [1.82, 2.24) is 25.2 Å². The number of nitrogens with one attached hydrogen (secondary N) is 1. The lowest BCUT2D eigenvalue weighted by molar-refractivity contribution is 0.0939. The number of ether oxygens (including phenoxy) is 1. The number of hydrogen-bond donors (Lipinski definition) is 2. The Hall–Kier alpha value is -2.71. The molecule has 1 aromatic heterocycles. The van der Waals surface area contributed by atoms with Crippen molar-refractivity contribution in [2.24, 2.45) is 0 Å². The molecule has 3 rings (SSSR count). The fourth-order valence-corrected chi connectivity index (χ4v) is 3.28. The second-order valence-corrected chi connectivity index (χ2v) is 6.79. The van der Waals surface area contributed by atoms with Gasteiger partial charge in [-0.15, -0.1) is 5.10 Å². The summed E-state index contributed by atoms with van der Waals surface area (Å²) in [5, 5.41) is 19.5. The van der Waals surface area contributed by atoms with Crippen LogP contribution in [0.3, 0.4) is 0 Å². The molecule has 0 radical (unpaired) electrons. The minimum Gasteiger partial charge on any atom is -0.497 e. The molecule has 0 bridgehead atoms. The average molecular weight is 385 g/mol. The van der Waals surface area contributed by atoms with E-state index >= 15 is 0 Å². The Morgan fingerprint density at radius 3 is 2.96 bits per heavy atom. The van der Waals surface area contributed by atoms with E-state index in [0.29, 0.717) is 0 Å². The van der Waals surface area contributed by atoms with Gasteiger partial charge in [-0.25, -0.2) is 4.68 Å². The Kier molecular flexibility index (Phi) is 7.16.